The van der Waals surface area contributed by atoms with Gasteiger partial charge in [0.05, 0.1) is 0 Å². The number of rotatable bonds is 5. The molecule has 0 saturated carbocycles. The van der Waals surface area contributed by atoms with Crippen molar-refractivity contribution in [3.8, 4) is 0 Å². The van der Waals surface area contributed by atoms with E-state index in [0.29, 0.717) is 0 Å². The third-order valence-electron chi connectivity index (χ3n) is 3.82. The number of aromatic nitrogens is 2. The van der Waals surface area contributed by atoms with E-state index in [9.17, 15) is 0 Å². The molecule has 110 valence electrons. The Hall–Kier alpha value is -2.88. The second-order valence-corrected chi connectivity index (χ2v) is 5.39. The van der Waals surface area contributed by atoms with E-state index in [0.717, 1.165) is 35.8 Å². The Bertz CT molecular complexity index is 761. The number of anilines is 2. The van der Waals surface area contributed by atoms with Gasteiger partial charge in [-0.25, -0.2) is 0 Å². The zero-order valence-electron chi connectivity index (χ0n) is 12.2. The van der Waals surface area contributed by atoms with Crippen molar-refractivity contribution < 1.29 is 0 Å². The number of aromatic amines is 2. The molecule has 0 aliphatic rings. The summed E-state index contributed by atoms with van der Waals surface area (Å²) in [7, 11) is 0. The SMILES string of the molecule is c1ccc2[nH]c(NCCNc3cc4ccccc4[nH]3)cc2c1. The molecule has 2 aromatic heterocycles. The Morgan fingerprint density at radius 2 is 1.09 bits per heavy atom. The van der Waals surface area contributed by atoms with Crippen LogP contribution >= 0.6 is 0 Å². The van der Waals surface area contributed by atoms with Gasteiger partial charge >= 0.3 is 0 Å². The Morgan fingerprint density at radius 3 is 1.55 bits per heavy atom. The van der Waals surface area contributed by atoms with Crippen molar-refractivity contribution in [2.45, 2.75) is 0 Å². The standard InChI is InChI=1S/C18H18N4/c1-3-7-15-13(5-1)11-17(21-15)19-9-10-20-18-12-14-6-2-4-8-16(14)22-18/h1-8,11-12,19-22H,9-10H2. The van der Waals surface area contributed by atoms with Crippen molar-refractivity contribution in [3.05, 3.63) is 60.7 Å². The lowest BCUT2D eigenvalue weighted by Crippen LogP contribution is -2.13. The van der Waals surface area contributed by atoms with Crippen LogP contribution in [0.5, 0.6) is 0 Å². The Morgan fingerprint density at radius 1 is 0.636 bits per heavy atom. The predicted molar refractivity (Wildman–Crippen MR) is 93.6 cm³/mol. The highest BCUT2D eigenvalue weighted by Gasteiger charge is 2.00. The highest BCUT2D eigenvalue weighted by molar-refractivity contribution is 5.84. The zero-order valence-corrected chi connectivity index (χ0v) is 12.2. The average Bonchev–Trinajstić information content (AvgIpc) is 3.14. The van der Waals surface area contributed by atoms with E-state index in [-0.39, 0.29) is 0 Å². The van der Waals surface area contributed by atoms with Crippen LogP contribution in [0.1, 0.15) is 0 Å². The fourth-order valence-corrected chi connectivity index (χ4v) is 2.73. The molecule has 0 aliphatic heterocycles. The van der Waals surface area contributed by atoms with Gasteiger partial charge in [-0.2, -0.15) is 0 Å². The molecule has 4 aromatic rings. The fraction of sp³-hybridized carbons (Fsp3) is 0.111. The lowest BCUT2D eigenvalue weighted by molar-refractivity contribution is 1.06. The summed E-state index contributed by atoms with van der Waals surface area (Å²) in [5, 5.41) is 9.27. The van der Waals surface area contributed by atoms with Crippen LogP contribution in [0.15, 0.2) is 60.7 Å². The molecule has 0 amide bonds. The molecular formula is C18H18N4. The molecule has 0 atom stereocenters. The molecule has 0 spiro atoms. The maximum Gasteiger partial charge on any atom is 0.104 e. The van der Waals surface area contributed by atoms with Crippen LogP contribution in [0.3, 0.4) is 0 Å². The lowest BCUT2D eigenvalue weighted by Gasteiger charge is -2.05. The highest BCUT2D eigenvalue weighted by atomic mass is 15.0. The average molecular weight is 290 g/mol. The third-order valence-corrected chi connectivity index (χ3v) is 3.82. The van der Waals surface area contributed by atoms with Gasteiger partial charge in [0.15, 0.2) is 0 Å². The molecule has 4 N–H and O–H groups in total. The largest absolute Gasteiger partial charge is 0.370 e. The molecule has 2 heterocycles. The normalized spacial score (nSPS) is 11.1. The van der Waals surface area contributed by atoms with Gasteiger partial charge in [0.25, 0.3) is 0 Å². The lowest BCUT2D eigenvalue weighted by atomic mass is 10.2. The number of nitrogens with one attached hydrogen (secondary N) is 4. The van der Waals surface area contributed by atoms with Crippen molar-refractivity contribution in [1.29, 1.82) is 0 Å². The van der Waals surface area contributed by atoms with Gasteiger partial charge in [-0.15, -0.1) is 0 Å². The Balaban J connectivity index is 1.35. The topological polar surface area (TPSA) is 55.6 Å². The minimum absolute atomic E-state index is 0.849. The second-order valence-electron chi connectivity index (χ2n) is 5.39. The molecule has 22 heavy (non-hydrogen) atoms. The molecule has 4 rings (SSSR count). The van der Waals surface area contributed by atoms with Gasteiger partial charge in [-0.3, -0.25) is 0 Å². The summed E-state index contributed by atoms with van der Waals surface area (Å²) < 4.78 is 0. The van der Waals surface area contributed by atoms with E-state index in [1.165, 1.54) is 10.8 Å². The van der Waals surface area contributed by atoms with Gasteiger partial charge in [0.1, 0.15) is 11.6 Å². The summed E-state index contributed by atoms with van der Waals surface area (Å²) in [6.07, 6.45) is 0. The molecule has 0 aliphatic carbocycles. The van der Waals surface area contributed by atoms with E-state index < -0.39 is 0 Å². The van der Waals surface area contributed by atoms with Crippen LogP contribution in [-0.2, 0) is 0 Å². The molecule has 0 radical (unpaired) electrons. The van der Waals surface area contributed by atoms with E-state index in [1.54, 1.807) is 0 Å². The van der Waals surface area contributed by atoms with Crippen molar-refractivity contribution in [2.75, 3.05) is 23.7 Å². The molecule has 4 nitrogen and oxygen atoms in total. The molecule has 2 aromatic carbocycles. The molecule has 0 unspecified atom stereocenters. The third kappa shape index (κ3) is 2.51. The number of hydrogen-bond donors (Lipinski definition) is 4. The summed E-state index contributed by atoms with van der Waals surface area (Å²) in [6, 6.07) is 20.9. The molecule has 4 heteroatoms. The van der Waals surface area contributed by atoms with E-state index >= 15 is 0 Å². The minimum atomic E-state index is 0.849. The summed E-state index contributed by atoms with van der Waals surface area (Å²) >= 11 is 0. The van der Waals surface area contributed by atoms with Gasteiger partial charge < -0.3 is 20.6 Å². The van der Waals surface area contributed by atoms with E-state index in [4.69, 9.17) is 0 Å². The molecular weight excluding hydrogens is 272 g/mol. The molecule has 0 fully saturated rings. The number of para-hydroxylation sites is 2. The number of benzene rings is 2. The summed E-state index contributed by atoms with van der Waals surface area (Å²) in [4.78, 5) is 6.74. The zero-order chi connectivity index (χ0) is 14.8. The van der Waals surface area contributed by atoms with Gasteiger partial charge in [-0.1, -0.05) is 36.4 Å². The summed E-state index contributed by atoms with van der Waals surface area (Å²) in [5.74, 6) is 2.11. The van der Waals surface area contributed by atoms with Crippen LogP contribution < -0.4 is 10.6 Å². The molecule has 0 bridgehead atoms. The van der Waals surface area contributed by atoms with E-state index in [1.807, 2.05) is 12.1 Å². The number of hydrogen-bond acceptors (Lipinski definition) is 2. The van der Waals surface area contributed by atoms with Crippen LogP contribution in [0.4, 0.5) is 11.6 Å². The van der Waals surface area contributed by atoms with Gasteiger partial charge in [0, 0.05) is 34.9 Å². The predicted octanol–water partition coefficient (Wildman–Crippen LogP) is 4.17. The molecule has 0 saturated heterocycles. The minimum Gasteiger partial charge on any atom is -0.370 e. The van der Waals surface area contributed by atoms with Gasteiger partial charge in [0.2, 0.25) is 0 Å². The van der Waals surface area contributed by atoms with Crippen LogP contribution in [-0.4, -0.2) is 23.1 Å². The summed E-state index contributed by atoms with van der Waals surface area (Å²) in [6.45, 7) is 1.70. The number of H-pyrrole nitrogens is 2. The Labute approximate surface area is 128 Å². The number of fused-ring (bicyclic) bond motifs is 2. The highest BCUT2D eigenvalue weighted by Crippen LogP contribution is 2.19. The summed E-state index contributed by atoms with van der Waals surface area (Å²) in [5.41, 5.74) is 2.32. The smallest absolute Gasteiger partial charge is 0.104 e. The first-order chi connectivity index (χ1) is 10.9. The van der Waals surface area contributed by atoms with Crippen LogP contribution in [0, 0.1) is 0 Å². The maximum atomic E-state index is 3.41. The van der Waals surface area contributed by atoms with Crippen LogP contribution in [0.2, 0.25) is 0 Å². The van der Waals surface area contributed by atoms with E-state index in [2.05, 4.69) is 69.1 Å². The van der Waals surface area contributed by atoms with Crippen molar-refractivity contribution >= 4 is 33.4 Å². The van der Waals surface area contributed by atoms with Crippen molar-refractivity contribution in [1.82, 2.24) is 9.97 Å². The van der Waals surface area contributed by atoms with Gasteiger partial charge in [-0.05, 0) is 24.3 Å². The quantitative estimate of drug-likeness (QED) is 0.417. The maximum absolute atomic E-state index is 3.41. The first-order valence-electron chi connectivity index (χ1n) is 7.52. The first kappa shape index (κ1) is 12.8. The second kappa shape index (κ2) is 5.48. The van der Waals surface area contributed by atoms with Crippen LogP contribution in [0.25, 0.3) is 21.8 Å². The van der Waals surface area contributed by atoms with Crippen molar-refractivity contribution in [3.63, 3.8) is 0 Å². The Kier molecular flexibility index (Phi) is 3.20. The first-order valence-corrected chi connectivity index (χ1v) is 7.52. The fourth-order valence-electron chi connectivity index (χ4n) is 2.73. The van der Waals surface area contributed by atoms with Crippen molar-refractivity contribution in [2.24, 2.45) is 0 Å². The monoisotopic (exact) mass is 290 g/mol.